The van der Waals surface area contributed by atoms with E-state index in [2.05, 4.69) is 17.1 Å². The fraction of sp³-hybridized carbons (Fsp3) is 0.786. The monoisotopic (exact) mass is 235 g/mol. The molecule has 0 radical (unpaired) electrons. The van der Waals surface area contributed by atoms with Gasteiger partial charge in [0.2, 0.25) is 0 Å². The second-order valence-electron chi connectivity index (χ2n) is 5.55. The van der Waals surface area contributed by atoms with E-state index in [1.165, 1.54) is 32.8 Å². The van der Waals surface area contributed by atoms with E-state index in [1.807, 2.05) is 0 Å². The smallest absolute Gasteiger partial charge is 0.309 e. The van der Waals surface area contributed by atoms with Crippen molar-refractivity contribution >= 4 is 5.97 Å². The molecule has 1 heterocycles. The van der Waals surface area contributed by atoms with Crippen LogP contribution in [0.2, 0.25) is 0 Å². The molecule has 1 saturated heterocycles. The lowest BCUT2D eigenvalue weighted by Crippen LogP contribution is -2.29. The number of methoxy groups -OCH3 is 1. The maximum absolute atomic E-state index is 11.6. The highest BCUT2D eigenvalue weighted by molar-refractivity contribution is 5.72. The van der Waals surface area contributed by atoms with Crippen LogP contribution >= 0.6 is 0 Å². The Morgan fingerprint density at radius 3 is 2.65 bits per heavy atom. The Morgan fingerprint density at radius 1 is 1.29 bits per heavy atom. The Labute approximate surface area is 103 Å². The van der Waals surface area contributed by atoms with Gasteiger partial charge in [-0.25, -0.2) is 0 Å². The number of hydrogen-bond acceptors (Lipinski definition) is 3. The summed E-state index contributed by atoms with van der Waals surface area (Å²) in [7, 11) is 1.49. The average Bonchev–Trinajstić information content (AvgIpc) is 3.12. The third-order valence-corrected chi connectivity index (χ3v) is 4.59. The van der Waals surface area contributed by atoms with E-state index in [9.17, 15) is 4.79 Å². The summed E-state index contributed by atoms with van der Waals surface area (Å²) < 4.78 is 4.87. The third-order valence-electron chi connectivity index (χ3n) is 4.59. The van der Waals surface area contributed by atoms with Gasteiger partial charge in [0, 0.05) is 18.1 Å². The number of ether oxygens (including phenoxy) is 1. The Balaban J connectivity index is 1.63. The van der Waals surface area contributed by atoms with Crippen molar-refractivity contribution in [3.8, 4) is 0 Å². The quantitative estimate of drug-likeness (QED) is 0.417. The van der Waals surface area contributed by atoms with Crippen molar-refractivity contribution in [2.24, 2.45) is 5.92 Å². The lowest BCUT2D eigenvalue weighted by Gasteiger charge is -2.24. The SMILES string of the molecule is COC(=O)[C@@H]1CC=C[C@H](N2C3CCCCC32)C1. The van der Waals surface area contributed by atoms with Crippen molar-refractivity contribution in [3.63, 3.8) is 0 Å². The average molecular weight is 235 g/mol. The van der Waals surface area contributed by atoms with Gasteiger partial charge in [0.1, 0.15) is 0 Å². The second kappa shape index (κ2) is 4.45. The first-order valence-electron chi connectivity index (χ1n) is 6.83. The van der Waals surface area contributed by atoms with E-state index in [4.69, 9.17) is 4.74 Å². The zero-order valence-corrected chi connectivity index (χ0v) is 10.5. The number of hydrogen-bond donors (Lipinski definition) is 0. The summed E-state index contributed by atoms with van der Waals surface area (Å²) in [5.41, 5.74) is 0. The van der Waals surface area contributed by atoms with Gasteiger partial charge in [-0.2, -0.15) is 0 Å². The standard InChI is InChI=1S/C14H21NO2/c1-17-14(16)10-5-4-6-11(9-10)15-12-7-2-3-8-13(12)15/h4,6,10-13H,2-3,5,7-9H2,1H3/t10-,11+,12?,13?,15?/m1/s1. The Hall–Kier alpha value is -0.830. The molecule has 0 bridgehead atoms. The number of rotatable bonds is 2. The van der Waals surface area contributed by atoms with E-state index >= 15 is 0 Å². The largest absolute Gasteiger partial charge is 0.469 e. The van der Waals surface area contributed by atoms with Crippen LogP contribution in [0, 0.1) is 5.92 Å². The van der Waals surface area contributed by atoms with Crippen LogP contribution in [0.5, 0.6) is 0 Å². The molecule has 3 aliphatic rings. The van der Waals surface area contributed by atoms with Crippen LogP contribution in [0.25, 0.3) is 0 Å². The normalized spacial score (nSPS) is 43.9. The number of fused-ring (bicyclic) bond motifs is 1. The molecule has 94 valence electrons. The number of likely N-dealkylation sites (tertiary alicyclic amines) is 1. The number of carbonyl (C=O) groups is 1. The summed E-state index contributed by atoms with van der Waals surface area (Å²) >= 11 is 0. The second-order valence-corrected chi connectivity index (χ2v) is 5.55. The predicted octanol–water partition coefficient (Wildman–Crippen LogP) is 2.12. The van der Waals surface area contributed by atoms with Gasteiger partial charge >= 0.3 is 5.97 Å². The highest BCUT2D eigenvalue weighted by Gasteiger charge is 2.51. The molecule has 0 amide bonds. The molecule has 3 rings (SSSR count). The minimum Gasteiger partial charge on any atom is -0.469 e. The van der Waals surface area contributed by atoms with Crippen molar-refractivity contribution in [1.82, 2.24) is 4.90 Å². The Kier molecular flexibility index (Phi) is 2.95. The van der Waals surface area contributed by atoms with E-state index in [1.54, 1.807) is 0 Å². The van der Waals surface area contributed by atoms with Crippen LogP contribution < -0.4 is 0 Å². The lowest BCUT2D eigenvalue weighted by atomic mass is 9.91. The molecule has 2 unspecified atom stereocenters. The molecule has 4 atom stereocenters. The molecule has 2 fully saturated rings. The summed E-state index contributed by atoms with van der Waals surface area (Å²) in [6, 6.07) is 2.12. The lowest BCUT2D eigenvalue weighted by molar-refractivity contribution is -0.146. The topological polar surface area (TPSA) is 29.3 Å². The Bertz CT molecular complexity index is 327. The summed E-state index contributed by atoms with van der Waals surface area (Å²) in [5, 5.41) is 0. The first-order valence-corrected chi connectivity index (χ1v) is 6.83. The van der Waals surface area contributed by atoms with Crippen LogP contribution in [-0.2, 0) is 9.53 Å². The number of esters is 1. The molecule has 17 heavy (non-hydrogen) atoms. The van der Waals surface area contributed by atoms with Gasteiger partial charge in [0.25, 0.3) is 0 Å². The van der Waals surface area contributed by atoms with Gasteiger partial charge in [0.05, 0.1) is 13.0 Å². The predicted molar refractivity (Wildman–Crippen MR) is 65.6 cm³/mol. The molecule has 0 spiro atoms. The minimum absolute atomic E-state index is 0.0378. The van der Waals surface area contributed by atoms with Gasteiger partial charge in [-0.1, -0.05) is 25.0 Å². The summed E-state index contributed by atoms with van der Waals surface area (Å²) in [4.78, 5) is 14.2. The van der Waals surface area contributed by atoms with Crippen LogP contribution in [0.1, 0.15) is 38.5 Å². The van der Waals surface area contributed by atoms with Crippen molar-refractivity contribution < 1.29 is 9.53 Å². The van der Waals surface area contributed by atoms with Gasteiger partial charge in [0.15, 0.2) is 0 Å². The zero-order chi connectivity index (χ0) is 11.8. The summed E-state index contributed by atoms with van der Waals surface area (Å²) in [6.45, 7) is 0. The highest BCUT2D eigenvalue weighted by Crippen LogP contribution is 2.44. The highest BCUT2D eigenvalue weighted by atomic mass is 16.5. The first kappa shape index (κ1) is 11.3. The molecule has 2 aliphatic carbocycles. The van der Waals surface area contributed by atoms with Crippen molar-refractivity contribution in [1.29, 1.82) is 0 Å². The molecule has 0 aromatic rings. The fourth-order valence-electron chi connectivity index (χ4n) is 3.68. The van der Waals surface area contributed by atoms with E-state index in [-0.39, 0.29) is 11.9 Å². The molecule has 0 N–H and O–H groups in total. The molecule has 3 nitrogen and oxygen atoms in total. The molecular formula is C14H21NO2. The van der Waals surface area contributed by atoms with Gasteiger partial charge < -0.3 is 4.74 Å². The van der Waals surface area contributed by atoms with Gasteiger partial charge in [-0.3, -0.25) is 9.69 Å². The fourth-order valence-corrected chi connectivity index (χ4v) is 3.68. The van der Waals surface area contributed by atoms with Crippen LogP contribution in [0.4, 0.5) is 0 Å². The van der Waals surface area contributed by atoms with Gasteiger partial charge in [-0.05, 0) is 25.7 Å². The summed E-state index contributed by atoms with van der Waals surface area (Å²) in [5.74, 6) is 0.0434. The molecule has 3 heteroatoms. The molecule has 1 aliphatic heterocycles. The number of carbonyl (C=O) groups excluding carboxylic acids is 1. The summed E-state index contributed by atoms with van der Waals surface area (Å²) in [6.07, 6.45) is 11.8. The van der Waals surface area contributed by atoms with E-state index in [0.717, 1.165) is 24.9 Å². The maximum Gasteiger partial charge on any atom is 0.309 e. The van der Waals surface area contributed by atoms with Crippen molar-refractivity contribution in [2.45, 2.75) is 56.7 Å². The number of allylic oxidation sites excluding steroid dienone is 1. The van der Waals surface area contributed by atoms with Crippen molar-refractivity contribution in [2.75, 3.05) is 7.11 Å². The van der Waals surface area contributed by atoms with Gasteiger partial charge in [-0.15, -0.1) is 0 Å². The zero-order valence-electron chi connectivity index (χ0n) is 10.5. The Morgan fingerprint density at radius 2 is 2.00 bits per heavy atom. The third kappa shape index (κ3) is 2.01. The molecule has 0 aromatic carbocycles. The van der Waals surface area contributed by atoms with Crippen molar-refractivity contribution in [3.05, 3.63) is 12.2 Å². The van der Waals surface area contributed by atoms with E-state index in [0.29, 0.717) is 6.04 Å². The minimum atomic E-state index is -0.0378. The number of nitrogens with zero attached hydrogens (tertiary/aromatic N) is 1. The molecular weight excluding hydrogens is 214 g/mol. The van der Waals surface area contributed by atoms with Crippen LogP contribution in [0.3, 0.4) is 0 Å². The van der Waals surface area contributed by atoms with Crippen LogP contribution in [-0.4, -0.2) is 36.1 Å². The molecule has 1 saturated carbocycles. The first-order chi connectivity index (χ1) is 8.31. The maximum atomic E-state index is 11.6. The van der Waals surface area contributed by atoms with E-state index < -0.39 is 0 Å². The molecule has 0 aromatic heterocycles. The van der Waals surface area contributed by atoms with Crippen LogP contribution in [0.15, 0.2) is 12.2 Å².